The summed E-state index contributed by atoms with van der Waals surface area (Å²) in [6.45, 7) is -6.56. The minimum Gasteiger partial charge on any atom is -0.308 e. The van der Waals surface area contributed by atoms with Crippen molar-refractivity contribution in [1.82, 2.24) is 0 Å². The lowest BCUT2D eigenvalue weighted by Gasteiger charge is -2.32. The molecule has 0 aromatic rings. The molecular formula is C23H35F27O7. The van der Waals surface area contributed by atoms with Gasteiger partial charge in [0.25, 0.3) is 0 Å². The van der Waals surface area contributed by atoms with Crippen molar-refractivity contribution in [2.45, 2.75) is 105 Å². The Morgan fingerprint density at radius 1 is 0.561 bits per heavy atom. The zero-order valence-electron chi connectivity index (χ0n) is 24.7. The van der Waals surface area contributed by atoms with Crippen molar-refractivity contribution in [3.63, 3.8) is 0 Å². The Morgan fingerprint density at radius 3 is 1.05 bits per heavy atom. The topological polar surface area (TPSA) is 80.3 Å². The Hall–Kier alpha value is -2.75. The fourth-order valence-electron chi connectivity index (χ4n) is 1.30. The Morgan fingerprint density at radius 2 is 0.930 bits per heavy atom. The van der Waals surface area contributed by atoms with E-state index in [1.54, 1.807) is 4.94 Å². The molecule has 0 rings (SSSR count). The Labute approximate surface area is 304 Å². The summed E-state index contributed by atoms with van der Waals surface area (Å²) >= 11 is 0. The van der Waals surface area contributed by atoms with Gasteiger partial charge in [0, 0.05) is 0 Å². The van der Waals surface area contributed by atoms with Crippen LogP contribution in [0.3, 0.4) is 0 Å². The SMILES string of the molecule is C.C.C.C.CCOC(F)(F)F.FCC(F)(C(F)(F)F)C(F)(F)OCC(F)(F)F.FOC(F)(F)CC(F)(F)F.FOCCC(F)(F)F.O=C(F)CCOF.O=C(F)F. The molecule has 0 saturated heterocycles. The average molecular weight is 936 g/mol. The number of hydrogen-bond donors (Lipinski definition) is 0. The second-order valence-electron chi connectivity index (χ2n) is 7.56. The van der Waals surface area contributed by atoms with Crippen LogP contribution in [0, 0.1) is 0 Å². The van der Waals surface area contributed by atoms with E-state index in [0.717, 1.165) is 0 Å². The van der Waals surface area contributed by atoms with Crippen LogP contribution in [0.5, 0.6) is 0 Å². The first-order valence-corrected chi connectivity index (χ1v) is 11.6. The average Bonchev–Trinajstić information content (AvgIpc) is 2.91. The molecule has 0 saturated carbocycles. The van der Waals surface area contributed by atoms with E-state index in [2.05, 4.69) is 19.4 Å². The van der Waals surface area contributed by atoms with Crippen LogP contribution in [0.2, 0.25) is 0 Å². The highest BCUT2D eigenvalue weighted by Gasteiger charge is 2.73. The zero-order chi connectivity index (χ0) is 44.3. The fraction of sp³-hybridized carbons (Fsp3) is 0.913. The van der Waals surface area contributed by atoms with Crippen LogP contribution in [-0.2, 0) is 29.1 Å². The summed E-state index contributed by atoms with van der Waals surface area (Å²) < 4.78 is 308. The van der Waals surface area contributed by atoms with E-state index in [-0.39, 0.29) is 36.3 Å². The van der Waals surface area contributed by atoms with Crippen LogP contribution < -0.4 is 0 Å². The minimum atomic E-state index is -6.42. The van der Waals surface area contributed by atoms with E-state index in [4.69, 9.17) is 4.79 Å². The lowest BCUT2D eigenvalue weighted by atomic mass is 10.1. The largest absolute Gasteiger partial charge is 0.522 e. The molecule has 7 nitrogen and oxygen atoms in total. The van der Waals surface area contributed by atoms with Gasteiger partial charge >= 0.3 is 61.3 Å². The standard InChI is InChI=1S/C6H4F10O.C3H2F6O.C3H4F4O.C3H5F3O.C3H4F2O2.CF2O.4CH4/c7-1-3(8,5(12,13)14)6(15,16)17-2-4(9,10)11;4-2(5,6)1-3(7,8)10-9;4-3(5,6)1-2-8-7;1-2-7-3(4,5)6;4-3(6)1-2-7-5;2-1(3)4;;;;/h1-2H2;1H2;1-2H2;2H2,1H3;1-2H2;;4*1H4. The first-order chi connectivity index (χ1) is 23.2. The predicted octanol–water partition coefficient (Wildman–Crippen LogP) is 13.6. The third kappa shape index (κ3) is 62.6. The molecule has 57 heavy (non-hydrogen) atoms. The second-order valence-corrected chi connectivity index (χ2v) is 7.56. The molecule has 0 heterocycles. The van der Waals surface area contributed by atoms with Gasteiger partial charge in [-0.3, -0.25) is 9.53 Å². The molecule has 0 amide bonds. The number of carbonyl (C=O) groups is 2. The van der Waals surface area contributed by atoms with Gasteiger partial charge in [0.15, 0.2) is 0 Å². The van der Waals surface area contributed by atoms with Crippen LogP contribution >= 0.6 is 0 Å². The maximum absolute atomic E-state index is 12.6. The number of alkyl halides is 21. The normalized spacial score (nSPS) is 12.5. The maximum atomic E-state index is 12.6. The van der Waals surface area contributed by atoms with Crippen molar-refractivity contribution in [1.29, 1.82) is 0 Å². The molecule has 358 valence electrons. The van der Waals surface area contributed by atoms with Crippen LogP contribution in [0.25, 0.3) is 0 Å². The lowest BCUT2D eigenvalue weighted by molar-refractivity contribution is -0.397. The van der Waals surface area contributed by atoms with Gasteiger partial charge < -0.3 is 4.74 Å². The highest BCUT2D eigenvalue weighted by molar-refractivity contribution is 5.67. The van der Waals surface area contributed by atoms with Gasteiger partial charge in [0.1, 0.15) is 19.7 Å². The van der Waals surface area contributed by atoms with E-state index < -0.39 is 107 Å². The van der Waals surface area contributed by atoms with Crippen molar-refractivity contribution < 1.29 is 153 Å². The van der Waals surface area contributed by atoms with Gasteiger partial charge in [-0.05, 0) is 20.5 Å². The molecule has 0 radical (unpaired) electrons. The maximum Gasteiger partial charge on any atom is 0.522 e. The van der Waals surface area contributed by atoms with Crippen LogP contribution in [0.4, 0.5) is 124 Å². The van der Waals surface area contributed by atoms with Gasteiger partial charge in [-0.15, -0.1) is 26.9 Å². The van der Waals surface area contributed by atoms with E-state index in [9.17, 15) is 124 Å². The summed E-state index contributed by atoms with van der Waals surface area (Å²) in [5.41, 5.74) is -5.83. The van der Waals surface area contributed by atoms with Crippen molar-refractivity contribution >= 4 is 12.3 Å². The summed E-state index contributed by atoms with van der Waals surface area (Å²) in [5, 5.41) is 0. The van der Waals surface area contributed by atoms with E-state index in [1.807, 2.05) is 0 Å². The summed E-state index contributed by atoms with van der Waals surface area (Å²) in [5.74, 6) is 0. The predicted molar refractivity (Wildman–Crippen MR) is 138 cm³/mol. The molecule has 0 bridgehead atoms. The number of ether oxygens (including phenoxy) is 2. The molecular weight excluding hydrogens is 901 g/mol. The number of halogens is 27. The molecule has 0 spiro atoms. The zero-order valence-corrected chi connectivity index (χ0v) is 24.7. The molecule has 0 N–H and O–H groups in total. The van der Waals surface area contributed by atoms with Crippen molar-refractivity contribution in [3.05, 3.63) is 0 Å². The first-order valence-electron chi connectivity index (χ1n) is 11.6. The number of hydrogen-bond acceptors (Lipinski definition) is 7. The molecule has 0 aliphatic heterocycles. The molecule has 0 aromatic heterocycles. The molecule has 34 heteroatoms. The van der Waals surface area contributed by atoms with Crippen molar-refractivity contribution in [2.75, 3.05) is 33.1 Å². The van der Waals surface area contributed by atoms with Gasteiger partial charge in [-0.25, -0.2) is 13.6 Å². The third-order valence-electron chi connectivity index (χ3n) is 3.18. The van der Waals surface area contributed by atoms with Crippen molar-refractivity contribution in [2.24, 2.45) is 0 Å². The van der Waals surface area contributed by atoms with Crippen LogP contribution in [0.1, 0.15) is 55.9 Å². The molecule has 0 aliphatic rings. The summed E-state index contributed by atoms with van der Waals surface area (Å²) in [7, 11) is 0. The highest BCUT2D eigenvalue weighted by Crippen LogP contribution is 2.46. The third-order valence-corrected chi connectivity index (χ3v) is 3.18. The summed E-state index contributed by atoms with van der Waals surface area (Å²) in [6, 6.07) is -1.56. The Bertz CT molecular complexity index is 917. The van der Waals surface area contributed by atoms with Crippen LogP contribution in [0.15, 0.2) is 0 Å². The molecule has 0 aliphatic carbocycles. The van der Waals surface area contributed by atoms with E-state index >= 15 is 0 Å². The van der Waals surface area contributed by atoms with Gasteiger partial charge in [-0.1, -0.05) is 29.7 Å². The lowest BCUT2D eigenvalue weighted by Crippen LogP contribution is -2.58. The molecule has 0 fully saturated rings. The molecule has 1 unspecified atom stereocenters. The Balaban J connectivity index is -0.0000000606. The first kappa shape index (κ1) is 78.6. The summed E-state index contributed by atoms with van der Waals surface area (Å²) in [4.78, 5) is 24.8. The van der Waals surface area contributed by atoms with Gasteiger partial charge in [0.05, 0.1) is 32.7 Å². The highest BCUT2D eigenvalue weighted by atomic mass is 19.4. The summed E-state index contributed by atoms with van der Waals surface area (Å²) in [6.07, 6.45) is -43.7. The smallest absolute Gasteiger partial charge is 0.308 e. The van der Waals surface area contributed by atoms with Gasteiger partial charge in [0.2, 0.25) is 0 Å². The number of carbonyl (C=O) groups excluding carboxylic acids is 2. The number of rotatable bonds is 12. The van der Waals surface area contributed by atoms with Crippen LogP contribution in [-0.4, -0.2) is 94.4 Å². The monoisotopic (exact) mass is 936 g/mol. The van der Waals surface area contributed by atoms with E-state index in [0.29, 0.717) is 0 Å². The van der Waals surface area contributed by atoms with E-state index in [1.165, 1.54) is 6.92 Å². The van der Waals surface area contributed by atoms with Gasteiger partial charge in [-0.2, -0.15) is 84.5 Å². The minimum absolute atomic E-state index is 0. The molecule has 1 atom stereocenters. The van der Waals surface area contributed by atoms with Crippen molar-refractivity contribution in [3.8, 4) is 0 Å². The second kappa shape index (κ2) is 35.2. The molecule has 0 aromatic carbocycles. The fourth-order valence-corrected chi connectivity index (χ4v) is 1.30. The quantitative estimate of drug-likeness (QED) is 0.142. The Kier molecular flexibility index (Phi) is 48.5.